The van der Waals surface area contributed by atoms with E-state index < -0.39 is 32.4 Å². The van der Waals surface area contributed by atoms with Crippen molar-refractivity contribution in [2.24, 2.45) is 11.1 Å². The molecule has 5 nitrogen and oxygen atoms in total. The van der Waals surface area contributed by atoms with Crippen LogP contribution in [0.25, 0.3) is 0 Å². The molecule has 1 aliphatic rings. The van der Waals surface area contributed by atoms with Crippen LogP contribution in [0, 0.1) is 5.41 Å². The number of sulfone groups is 1. The van der Waals surface area contributed by atoms with Crippen molar-refractivity contribution in [3.8, 4) is 0 Å². The van der Waals surface area contributed by atoms with Gasteiger partial charge >= 0.3 is 5.97 Å². The first-order valence-electron chi connectivity index (χ1n) is 8.31. The van der Waals surface area contributed by atoms with E-state index in [0.29, 0.717) is 5.02 Å². The van der Waals surface area contributed by atoms with Gasteiger partial charge in [-0.25, -0.2) is 8.42 Å². The highest BCUT2D eigenvalue weighted by molar-refractivity contribution is 7.92. The molecule has 2 aromatic rings. The van der Waals surface area contributed by atoms with Gasteiger partial charge in [-0.1, -0.05) is 41.9 Å². The lowest BCUT2D eigenvalue weighted by molar-refractivity contribution is -0.149. The number of ether oxygens (including phenoxy) is 1. The monoisotopic (exact) mass is 393 g/mol. The number of nitrogens with two attached hydrogens (primary N) is 1. The molecule has 1 aliphatic carbocycles. The average Bonchev–Trinajstić information content (AvgIpc) is 3.35. The lowest BCUT2D eigenvalue weighted by atomic mass is 9.99. The predicted molar refractivity (Wildman–Crippen MR) is 99.7 cm³/mol. The minimum absolute atomic E-state index is 0.108. The molecule has 0 spiro atoms. The third-order valence-electron chi connectivity index (χ3n) is 4.88. The molecule has 3 atom stereocenters. The third kappa shape index (κ3) is 2.92. The topological polar surface area (TPSA) is 86.5 Å². The zero-order valence-electron chi connectivity index (χ0n) is 14.3. The molecular formula is C19H20ClNO4S. The van der Waals surface area contributed by atoms with Crippen LogP contribution in [0.4, 0.5) is 0 Å². The van der Waals surface area contributed by atoms with E-state index in [1.807, 2.05) is 30.3 Å². The van der Waals surface area contributed by atoms with Crippen molar-refractivity contribution in [1.29, 1.82) is 0 Å². The molecule has 0 radical (unpaired) electrons. The summed E-state index contributed by atoms with van der Waals surface area (Å²) in [5.74, 6) is -1.12. The maximum absolute atomic E-state index is 13.3. The third-order valence-corrected chi connectivity index (χ3v) is 7.43. The fraction of sp³-hybridized carbons (Fsp3) is 0.316. The van der Waals surface area contributed by atoms with Gasteiger partial charge < -0.3 is 10.5 Å². The zero-order valence-corrected chi connectivity index (χ0v) is 15.8. The lowest BCUT2D eigenvalue weighted by Crippen LogP contribution is -2.33. The fourth-order valence-corrected chi connectivity index (χ4v) is 6.11. The van der Waals surface area contributed by atoms with Crippen molar-refractivity contribution in [2.75, 3.05) is 13.2 Å². The van der Waals surface area contributed by atoms with Crippen LogP contribution in [0.2, 0.25) is 5.02 Å². The molecule has 0 heterocycles. The van der Waals surface area contributed by atoms with Crippen LogP contribution in [-0.4, -0.2) is 32.8 Å². The number of hydrogen-bond donors (Lipinski definition) is 1. The summed E-state index contributed by atoms with van der Waals surface area (Å²) in [6.45, 7) is 1.74. The van der Waals surface area contributed by atoms with E-state index in [-0.39, 0.29) is 18.0 Å². The molecule has 0 unspecified atom stereocenters. The van der Waals surface area contributed by atoms with E-state index in [9.17, 15) is 13.2 Å². The summed E-state index contributed by atoms with van der Waals surface area (Å²) in [6.07, 6.45) is 0. The minimum atomic E-state index is -3.80. The van der Waals surface area contributed by atoms with Gasteiger partial charge in [0.25, 0.3) is 0 Å². The molecule has 0 aliphatic heterocycles. The van der Waals surface area contributed by atoms with Gasteiger partial charge in [-0.05, 0) is 36.8 Å². The summed E-state index contributed by atoms with van der Waals surface area (Å²) in [5.41, 5.74) is 5.41. The summed E-state index contributed by atoms with van der Waals surface area (Å²) >= 11 is 5.87. The molecule has 7 heteroatoms. The van der Waals surface area contributed by atoms with Crippen molar-refractivity contribution in [1.82, 2.24) is 0 Å². The smallest absolute Gasteiger partial charge is 0.315 e. The van der Waals surface area contributed by atoms with Gasteiger partial charge in [0.2, 0.25) is 0 Å². The maximum Gasteiger partial charge on any atom is 0.315 e. The van der Waals surface area contributed by atoms with Gasteiger partial charge in [-0.3, -0.25) is 4.79 Å². The predicted octanol–water partition coefficient (Wildman–Crippen LogP) is 2.79. The number of benzene rings is 2. The van der Waals surface area contributed by atoms with Crippen LogP contribution in [-0.2, 0) is 19.4 Å². The first-order valence-corrected chi connectivity index (χ1v) is 10.2. The van der Waals surface area contributed by atoms with Gasteiger partial charge in [0, 0.05) is 17.5 Å². The Kier molecular flexibility index (Phi) is 5.10. The maximum atomic E-state index is 13.3. The largest absolute Gasteiger partial charge is 0.465 e. The molecule has 138 valence electrons. The first kappa shape index (κ1) is 18.9. The van der Waals surface area contributed by atoms with Crippen LogP contribution >= 0.6 is 11.6 Å². The molecule has 3 rings (SSSR count). The molecule has 1 fully saturated rings. The van der Waals surface area contributed by atoms with Gasteiger partial charge in [0.15, 0.2) is 9.84 Å². The molecule has 2 aromatic carbocycles. The second kappa shape index (κ2) is 7.02. The second-order valence-corrected chi connectivity index (χ2v) is 8.78. The van der Waals surface area contributed by atoms with E-state index in [0.717, 1.165) is 5.56 Å². The van der Waals surface area contributed by atoms with Gasteiger partial charge in [-0.15, -0.1) is 0 Å². The van der Waals surface area contributed by atoms with Gasteiger partial charge in [0.1, 0.15) is 5.41 Å². The SMILES string of the molecule is CCOC(=O)[C@]1(CN)[C@H](c2ccccc2)[C@@H]1S(=O)(=O)c1ccc(Cl)cc1. The number of halogens is 1. The van der Waals surface area contributed by atoms with Gasteiger partial charge in [0.05, 0.1) is 16.8 Å². The molecule has 0 aromatic heterocycles. The van der Waals surface area contributed by atoms with Crippen LogP contribution < -0.4 is 5.73 Å². The number of hydrogen-bond acceptors (Lipinski definition) is 5. The summed E-state index contributed by atoms with van der Waals surface area (Å²) in [5, 5.41) is -0.530. The van der Waals surface area contributed by atoms with Crippen molar-refractivity contribution in [3.63, 3.8) is 0 Å². The zero-order chi connectivity index (χ0) is 18.9. The molecule has 0 amide bonds. The van der Waals surface area contributed by atoms with Crippen molar-refractivity contribution in [2.45, 2.75) is 23.0 Å². The Morgan fingerprint density at radius 2 is 1.77 bits per heavy atom. The van der Waals surface area contributed by atoms with Gasteiger partial charge in [-0.2, -0.15) is 0 Å². The van der Waals surface area contributed by atoms with Crippen LogP contribution in [0.1, 0.15) is 18.4 Å². The number of carbonyl (C=O) groups is 1. The van der Waals surface area contributed by atoms with E-state index in [1.54, 1.807) is 6.92 Å². The van der Waals surface area contributed by atoms with Crippen LogP contribution in [0.3, 0.4) is 0 Å². The summed E-state index contributed by atoms with van der Waals surface area (Å²) in [4.78, 5) is 12.8. The first-order chi connectivity index (χ1) is 12.4. The second-order valence-electron chi connectivity index (χ2n) is 6.27. The Labute approximate surface area is 158 Å². The number of carbonyl (C=O) groups excluding carboxylic acids is 1. The molecular weight excluding hydrogens is 374 g/mol. The molecule has 1 saturated carbocycles. The van der Waals surface area contributed by atoms with Crippen molar-refractivity contribution < 1.29 is 17.9 Å². The number of esters is 1. The highest BCUT2D eigenvalue weighted by atomic mass is 35.5. The van der Waals surface area contributed by atoms with E-state index in [2.05, 4.69) is 0 Å². The van der Waals surface area contributed by atoms with E-state index >= 15 is 0 Å². The van der Waals surface area contributed by atoms with Crippen LogP contribution in [0.5, 0.6) is 0 Å². The average molecular weight is 394 g/mol. The van der Waals surface area contributed by atoms with Crippen molar-refractivity contribution in [3.05, 3.63) is 65.2 Å². The summed E-state index contributed by atoms with van der Waals surface area (Å²) in [6, 6.07) is 15.0. The normalized spacial score (nSPS) is 24.9. The highest BCUT2D eigenvalue weighted by Gasteiger charge is 2.75. The number of rotatable bonds is 6. The Hall–Kier alpha value is -1.89. The standard InChI is InChI=1S/C19H20ClNO4S/c1-2-25-18(22)19(12-21)16(13-6-4-3-5-7-13)17(19)26(23,24)15-10-8-14(20)9-11-15/h3-11,16-17H,2,12,21H2,1H3/t16-,17+,19-/m1/s1. The fourth-order valence-electron chi connectivity index (χ4n) is 3.60. The van der Waals surface area contributed by atoms with Crippen molar-refractivity contribution >= 4 is 27.4 Å². The highest BCUT2D eigenvalue weighted by Crippen LogP contribution is 2.64. The van der Waals surface area contributed by atoms with E-state index in [4.69, 9.17) is 22.1 Å². The molecule has 2 N–H and O–H groups in total. The Balaban J connectivity index is 2.10. The molecule has 26 heavy (non-hydrogen) atoms. The van der Waals surface area contributed by atoms with E-state index in [1.165, 1.54) is 24.3 Å². The molecule has 0 saturated heterocycles. The summed E-state index contributed by atoms with van der Waals surface area (Å²) in [7, 11) is -3.80. The summed E-state index contributed by atoms with van der Waals surface area (Å²) < 4.78 is 31.7. The Morgan fingerprint density at radius 3 is 2.31 bits per heavy atom. The van der Waals surface area contributed by atoms with Crippen LogP contribution in [0.15, 0.2) is 59.5 Å². The Morgan fingerprint density at radius 1 is 1.15 bits per heavy atom. The Bertz CT molecular complexity index is 899. The minimum Gasteiger partial charge on any atom is -0.465 e. The molecule has 0 bridgehead atoms. The quantitative estimate of drug-likeness (QED) is 0.762. The lowest BCUT2D eigenvalue weighted by Gasteiger charge is -2.14.